The quantitative estimate of drug-likeness (QED) is 0.766. The Morgan fingerprint density at radius 1 is 1.21 bits per heavy atom. The first-order valence-electron chi connectivity index (χ1n) is 7.32. The SMILES string of the molecule is CC1CNCC(COCCCCc2ccccc2)O1. The lowest BCUT2D eigenvalue weighted by molar-refractivity contribution is -0.0688. The number of nitrogens with one attached hydrogen (secondary N) is 1. The van der Waals surface area contributed by atoms with Gasteiger partial charge in [0.2, 0.25) is 0 Å². The minimum Gasteiger partial charge on any atom is -0.379 e. The van der Waals surface area contributed by atoms with Crippen molar-refractivity contribution in [2.45, 2.75) is 38.4 Å². The van der Waals surface area contributed by atoms with E-state index >= 15 is 0 Å². The second kappa shape index (κ2) is 8.31. The van der Waals surface area contributed by atoms with Crippen LogP contribution >= 0.6 is 0 Å². The molecule has 0 aliphatic carbocycles. The summed E-state index contributed by atoms with van der Waals surface area (Å²) in [6.07, 6.45) is 3.97. The average Bonchev–Trinajstić information content (AvgIpc) is 2.44. The number of unbranched alkanes of at least 4 members (excludes halogenated alkanes) is 1. The van der Waals surface area contributed by atoms with Crippen LogP contribution in [0.2, 0.25) is 0 Å². The molecule has 1 N–H and O–H groups in total. The van der Waals surface area contributed by atoms with Crippen molar-refractivity contribution in [1.82, 2.24) is 5.32 Å². The van der Waals surface area contributed by atoms with Crippen LogP contribution in [-0.4, -0.2) is 38.5 Å². The van der Waals surface area contributed by atoms with Gasteiger partial charge in [0.05, 0.1) is 18.8 Å². The number of hydrogen-bond acceptors (Lipinski definition) is 3. The molecular weight excluding hydrogens is 238 g/mol. The second-order valence-electron chi connectivity index (χ2n) is 5.24. The molecule has 3 heteroatoms. The molecule has 1 aliphatic rings. The molecule has 106 valence electrons. The van der Waals surface area contributed by atoms with Crippen molar-refractivity contribution in [3.05, 3.63) is 35.9 Å². The Labute approximate surface area is 116 Å². The fraction of sp³-hybridized carbons (Fsp3) is 0.625. The van der Waals surface area contributed by atoms with Crippen LogP contribution in [0.25, 0.3) is 0 Å². The molecule has 0 bridgehead atoms. The molecule has 2 atom stereocenters. The molecule has 0 radical (unpaired) electrons. The van der Waals surface area contributed by atoms with Gasteiger partial charge < -0.3 is 14.8 Å². The predicted octanol–water partition coefficient (Wildman–Crippen LogP) is 2.40. The first-order chi connectivity index (χ1) is 9.34. The number of benzene rings is 1. The van der Waals surface area contributed by atoms with Gasteiger partial charge in [-0.3, -0.25) is 0 Å². The third-order valence-corrected chi connectivity index (χ3v) is 3.38. The summed E-state index contributed by atoms with van der Waals surface area (Å²) in [5.41, 5.74) is 1.41. The van der Waals surface area contributed by atoms with Crippen LogP contribution in [0, 0.1) is 0 Å². The number of aryl methyl sites for hydroxylation is 1. The Kier molecular flexibility index (Phi) is 6.34. The van der Waals surface area contributed by atoms with Gasteiger partial charge in [-0.1, -0.05) is 30.3 Å². The summed E-state index contributed by atoms with van der Waals surface area (Å²) in [4.78, 5) is 0. The maximum absolute atomic E-state index is 5.77. The van der Waals surface area contributed by atoms with Crippen molar-refractivity contribution in [3.63, 3.8) is 0 Å². The number of ether oxygens (including phenoxy) is 2. The summed E-state index contributed by atoms with van der Waals surface area (Å²) in [6.45, 7) is 5.50. The van der Waals surface area contributed by atoms with E-state index in [1.54, 1.807) is 0 Å². The summed E-state index contributed by atoms with van der Waals surface area (Å²) < 4.78 is 11.5. The summed E-state index contributed by atoms with van der Waals surface area (Å²) in [7, 11) is 0. The number of morpholine rings is 1. The van der Waals surface area contributed by atoms with Crippen LogP contribution in [0.15, 0.2) is 30.3 Å². The van der Waals surface area contributed by atoms with E-state index in [1.807, 2.05) is 0 Å². The number of rotatable bonds is 7. The second-order valence-corrected chi connectivity index (χ2v) is 5.24. The van der Waals surface area contributed by atoms with Crippen LogP contribution in [0.5, 0.6) is 0 Å². The first kappa shape index (κ1) is 14.5. The summed E-state index contributed by atoms with van der Waals surface area (Å²) in [5.74, 6) is 0. The fourth-order valence-electron chi connectivity index (χ4n) is 2.36. The zero-order valence-corrected chi connectivity index (χ0v) is 11.8. The topological polar surface area (TPSA) is 30.5 Å². The van der Waals surface area contributed by atoms with E-state index in [0.717, 1.165) is 32.5 Å². The van der Waals surface area contributed by atoms with Crippen molar-refractivity contribution in [2.24, 2.45) is 0 Å². The van der Waals surface area contributed by atoms with Gasteiger partial charge in [0, 0.05) is 19.7 Å². The largest absolute Gasteiger partial charge is 0.379 e. The van der Waals surface area contributed by atoms with Gasteiger partial charge in [0.25, 0.3) is 0 Å². The fourth-order valence-corrected chi connectivity index (χ4v) is 2.36. The van der Waals surface area contributed by atoms with Crippen molar-refractivity contribution >= 4 is 0 Å². The molecular formula is C16H25NO2. The lowest BCUT2D eigenvalue weighted by atomic mass is 10.1. The van der Waals surface area contributed by atoms with Crippen LogP contribution in [-0.2, 0) is 15.9 Å². The maximum Gasteiger partial charge on any atom is 0.0936 e. The highest BCUT2D eigenvalue weighted by molar-refractivity contribution is 5.14. The molecule has 1 aromatic rings. The molecule has 1 fully saturated rings. The van der Waals surface area contributed by atoms with Gasteiger partial charge in [-0.15, -0.1) is 0 Å². The van der Waals surface area contributed by atoms with E-state index in [0.29, 0.717) is 12.7 Å². The molecule has 3 nitrogen and oxygen atoms in total. The van der Waals surface area contributed by atoms with Crippen molar-refractivity contribution in [3.8, 4) is 0 Å². The molecule has 0 amide bonds. The average molecular weight is 263 g/mol. The molecule has 19 heavy (non-hydrogen) atoms. The van der Waals surface area contributed by atoms with Crippen molar-refractivity contribution in [2.75, 3.05) is 26.3 Å². The molecule has 1 saturated heterocycles. The van der Waals surface area contributed by atoms with Crippen LogP contribution in [0.1, 0.15) is 25.3 Å². The van der Waals surface area contributed by atoms with Gasteiger partial charge in [-0.2, -0.15) is 0 Å². The molecule has 1 aliphatic heterocycles. The molecule has 0 saturated carbocycles. The van der Waals surface area contributed by atoms with E-state index < -0.39 is 0 Å². The molecule has 0 aromatic heterocycles. The predicted molar refractivity (Wildman–Crippen MR) is 77.4 cm³/mol. The maximum atomic E-state index is 5.77. The molecule has 1 aromatic carbocycles. The van der Waals surface area contributed by atoms with Crippen LogP contribution in [0.3, 0.4) is 0 Å². The van der Waals surface area contributed by atoms with Gasteiger partial charge >= 0.3 is 0 Å². The molecule has 0 spiro atoms. The van der Waals surface area contributed by atoms with Gasteiger partial charge in [-0.25, -0.2) is 0 Å². The number of hydrogen-bond donors (Lipinski definition) is 1. The Bertz CT molecular complexity index is 342. The van der Waals surface area contributed by atoms with Crippen LogP contribution < -0.4 is 5.32 Å². The highest BCUT2D eigenvalue weighted by atomic mass is 16.5. The highest BCUT2D eigenvalue weighted by Gasteiger charge is 2.18. The summed E-state index contributed by atoms with van der Waals surface area (Å²) >= 11 is 0. The Morgan fingerprint density at radius 2 is 2.05 bits per heavy atom. The van der Waals surface area contributed by atoms with Crippen molar-refractivity contribution < 1.29 is 9.47 Å². The monoisotopic (exact) mass is 263 g/mol. The first-order valence-corrected chi connectivity index (χ1v) is 7.32. The zero-order valence-electron chi connectivity index (χ0n) is 11.8. The van der Waals surface area contributed by atoms with E-state index in [9.17, 15) is 0 Å². The standard InChI is InChI=1S/C16H25NO2/c1-14-11-17-12-16(19-14)13-18-10-6-5-9-15-7-3-2-4-8-15/h2-4,7-8,14,16-17H,5-6,9-13H2,1H3. The Balaban J connectivity index is 1.48. The molecule has 2 rings (SSSR count). The van der Waals surface area contributed by atoms with Gasteiger partial charge in [0.15, 0.2) is 0 Å². The minimum absolute atomic E-state index is 0.220. The van der Waals surface area contributed by atoms with Crippen molar-refractivity contribution in [1.29, 1.82) is 0 Å². The lowest BCUT2D eigenvalue weighted by Crippen LogP contribution is -2.45. The summed E-state index contributed by atoms with van der Waals surface area (Å²) in [6, 6.07) is 10.6. The molecule has 1 heterocycles. The van der Waals surface area contributed by atoms with Gasteiger partial charge in [-0.05, 0) is 31.7 Å². The third kappa shape index (κ3) is 5.72. The summed E-state index contributed by atoms with van der Waals surface area (Å²) in [5, 5.41) is 3.35. The van der Waals surface area contributed by atoms with Crippen LogP contribution in [0.4, 0.5) is 0 Å². The third-order valence-electron chi connectivity index (χ3n) is 3.38. The van der Waals surface area contributed by atoms with E-state index in [-0.39, 0.29) is 6.10 Å². The Morgan fingerprint density at radius 3 is 2.84 bits per heavy atom. The minimum atomic E-state index is 0.220. The highest BCUT2D eigenvalue weighted by Crippen LogP contribution is 2.06. The normalized spacial score (nSPS) is 23.4. The smallest absolute Gasteiger partial charge is 0.0936 e. The Hall–Kier alpha value is -0.900. The van der Waals surface area contributed by atoms with E-state index in [4.69, 9.17) is 9.47 Å². The van der Waals surface area contributed by atoms with Gasteiger partial charge in [0.1, 0.15) is 0 Å². The van der Waals surface area contributed by atoms with E-state index in [1.165, 1.54) is 12.0 Å². The zero-order chi connectivity index (χ0) is 13.3. The molecule has 2 unspecified atom stereocenters. The lowest BCUT2D eigenvalue weighted by Gasteiger charge is -2.28. The van der Waals surface area contributed by atoms with E-state index in [2.05, 4.69) is 42.6 Å².